The molecule has 1 aliphatic heterocycles. The number of ether oxygens (including phenoxy) is 2. The average Bonchev–Trinajstić information content (AvgIpc) is 3.53. The van der Waals surface area contributed by atoms with E-state index in [-0.39, 0.29) is 23.7 Å². The van der Waals surface area contributed by atoms with E-state index < -0.39 is 5.54 Å². The second-order valence-electron chi connectivity index (χ2n) is 8.29. The molecule has 3 unspecified atom stereocenters. The molecule has 2 aromatic carbocycles. The molecule has 1 amide bonds. The van der Waals surface area contributed by atoms with Crippen molar-refractivity contribution in [1.82, 2.24) is 5.32 Å². The number of carbonyl (C=O) groups is 2. The van der Waals surface area contributed by atoms with Gasteiger partial charge in [-0.25, -0.2) is 4.79 Å². The number of benzene rings is 2. The number of rotatable bonds is 8. The molecule has 4 rings (SSSR count). The lowest BCUT2D eigenvalue weighted by molar-refractivity contribution is -0.146. The van der Waals surface area contributed by atoms with E-state index >= 15 is 0 Å². The molecular weight excluding hydrogens is 392 g/mol. The summed E-state index contributed by atoms with van der Waals surface area (Å²) in [4.78, 5) is 29.4. The Kier molecular flexibility index (Phi) is 6.35. The van der Waals surface area contributed by atoms with Gasteiger partial charge in [-0.2, -0.15) is 0 Å². The van der Waals surface area contributed by atoms with Gasteiger partial charge in [-0.15, -0.1) is 0 Å². The van der Waals surface area contributed by atoms with Crippen LogP contribution in [0.25, 0.3) is 0 Å². The number of aliphatic imine (C=N–C) groups is 1. The Morgan fingerprint density at radius 3 is 2.58 bits per heavy atom. The molecule has 162 valence electrons. The highest BCUT2D eigenvalue weighted by Crippen LogP contribution is 2.52. The van der Waals surface area contributed by atoms with Crippen LogP contribution in [0, 0.1) is 5.92 Å². The third-order valence-corrected chi connectivity index (χ3v) is 6.11. The zero-order valence-electron chi connectivity index (χ0n) is 17.8. The summed E-state index contributed by atoms with van der Waals surface area (Å²) in [6.45, 7) is 1.26. The lowest BCUT2D eigenvalue weighted by Crippen LogP contribution is -2.45. The Balaban J connectivity index is 1.38. The molecule has 1 aliphatic carbocycles. The number of amides is 1. The summed E-state index contributed by atoms with van der Waals surface area (Å²) in [6, 6.07) is 17.7. The van der Waals surface area contributed by atoms with Crippen LogP contribution in [0.15, 0.2) is 59.6 Å². The predicted molar refractivity (Wildman–Crippen MR) is 118 cm³/mol. The van der Waals surface area contributed by atoms with Gasteiger partial charge in [0.25, 0.3) is 0 Å². The predicted octanol–water partition coefficient (Wildman–Crippen LogP) is 3.65. The Hall–Kier alpha value is -3.15. The van der Waals surface area contributed by atoms with Gasteiger partial charge in [-0.3, -0.25) is 9.79 Å². The summed E-state index contributed by atoms with van der Waals surface area (Å²) in [6.07, 6.45) is 4.56. The van der Waals surface area contributed by atoms with Crippen LogP contribution in [0.4, 0.5) is 0 Å². The highest BCUT2D eigenvalue weighted by Gasteiger charge is 2.62. The number of carbonyl (C=O) groups excluding carboxylic acids is 2. The number of nitrogens with one attached hydrogen (secondary N) is 1. The van der Waals surface area contributed by atoms with E-state index in [1.807, 2.05) is 60.8 Å². The van der Waals surface area contributed by atoms with Crippen LogP contribution in [0.2, 0.25) is 0 Å². The molecule has 1 fully saturated rings. The van der Waals surface area contributed by atoms with Crippen molar-refractivity contribution in [2.75, 3.05) is 13.7 Å². The molecule has 1 heterocycles. The van der Waals surface area contributed by atoms with Crippen LogP contribution in [0.3, 0.4) is 0 Å². The smallest absolute Gasteiger partial charge is 0.332 e. The molecule has 0 bridgehead atoms. The van der Waals surface area contributed by atoms with E-state index in [0.717, 1.165) is 36.3 Å². The van der Waals surface area contributed by atoms with E-state index in [1.54, 1.807) is 0 Å². The maximum atomic E-state index is 12.7. The maximum Gasteiger partial charge on any atom is 0.332 e. The molecule has 6 heteroatoms. The summed E-state index contributed by atoms with van der Waals surface area (Å²) in [7, 11) is 1.36. The largest absolute Gasteiger partial charge is 0.489 e. The van der Waals surface area contributed by atoms with Gasteiger partial charge < -0.3 is 14.8 Å². The number of hydrogen-bond acceptors (Lipinski definition) is 5. The summed E-state index contributed by atoms with van der Waals surface area (Å²) < 4.78 is 10.9. The molecular formula is C25H28N2O4. The molecule has 6 nitrogen and oxygen atoms in total. The Labute approximate surface area is 182 Å². The second-order valence-corrected chi connectivity index (χ2v) is 8.29. The fourth-order valence-corrected chi connectivity index (χ4v) is 4.24. The minimum absolute atomic E-state index is 0.0972. The van der Waals surface area contributed by atoms with E-state index in [1.165, 1.54) is 7.11 Å². The van der Waals surface area contributed by atoms with Crippen molar-refractivity contribution in [2.24, 2.45) is 10.9 Å². The highest BCUT2D eigenvalue weighted by atomic mass is 16.5. The van der Waals surface area contributed by atoms with Gasteiger partial charge in [-0.05, 0) is 54.7 Å². The van der Waals surface area contributed by atoms with E-state index in [2.05, 4.69) is 10.3 Å². The second kappa shape index (κ2) is 9.33. The maximum absolute atomic E-state index is 12.7. The molecule has 1 saturated carbocycles. The van der Waals surface area contributed by atoms with Crippen LogP contribution < -0.4 is 10.1 Å². The van der Waals surface area contributed by atoms with Crippen LogP contribution in [-0.4, -0.2) is 37.3 Å². The minimum atomic E-state index is -0.971. The van der Waals surface area contributed by atoms with E-state index in [0.29, 0.717) is 19.4 Å². The highest BCUT2D eigenvalue weighted by molar-refractivity contribution is 5.93. The van der Waals surface area contributed by atoms with Crippen molar-refractivity contribution < 1.29 is 19.1 Å². The van der Waals surface area contributed by atoms with Gasteiger partial charge in [0.2, 0.25) is 5.91 Å². The van der Waals surface area contributed by atoms with Gasteiger partial charge in [-0.1, -0.05) is 42.5 Å². The monoisotopic (exact) mass is 420 g/mol. The molecule has 3 atom stereocenters. The van der Waals surface area contributed by atoms with Gasteiger partial charge in [0, 0.05) is 18.9 Å². The van der Waals surface area contributed by atoms with E-state index in [4.69, 9.17) is 9.47 Å². The normalized spacial score (nSPS) is 24.3. The average molecular weight is 421 g/mol. The SMILES string of the molecule is COC(=O)C1(NC(=O)CC2CC=NCC2)CC1c1ccc(OCc2ccccc2)cc1. The topological polar surface area (TPSA) is 77.0 Å². The summed E-state index contributed by atoms with van der Waals surface area (Å²) in [5.74, 6) is 0.460. The fourth-order valence-electron chi connectivity index (χ4n) is 4.24. The minimum Gasteiger partial charge on any atom is -0.489 e. The van der Waals surface area contributed by atoms with Gasteiger partial charge in [0.15, 0.2) is 0 Å². The summed E-state index contributed by atoms with van der Waals surface area (Å²) >= 11 is 0. The first-order valence-electron chi connectivity index (χ1n) is 10.7. The standard InChI is InChI=1S/C25H28N2O4/c1-30-24(29)25(27-23(28)15-18-11-13-26-14-12-18)16-22(25)20-7-9-21(10-8-20)31-17-19-5-3-2-4-6-19/h2-10,13,18,22H,11-12,14-17H2,1H3,(H,27,28). The van der Waals surface area contributed by atoms with Crippen molar-refractivity contribution in [3.63, 3.8) is 0 Å². The van der Waals surface area contributed by atoms with Gasteiger partial charge in [0.05, 0.1) is 7.11 Å². The molecule has 2 aromatic rings. The van der Waals surface area contributed by atoms with Crippen LogP contribution >= 0.6 is 0 Å². The fraction of sp³-hybridized carbons (Fsp3) is 0.400. The molecule has 0 aromatic heterocycles. The number of hydrogen-bond donors (Lipinski definition) is 1. The van der Waals surface area contributed by atoms with Crippen molar-refractivity contribution in [1.29, 1.82) is 0 Å². The van der Waals surface area contributed by atoms with Crippen molar-refractivity contribution in [2.45, 2.75) is 43.7 Å². The van der Waals surface area contributed by atoms with Gasteiger partial charge in [0.1, 0.15) is 17.9 Å². The zero-order valence-corrected chi connectivity index (χ0v) is 17.8. The summed E-state index contributed by atoms with van der Waals surface area (Å²) in [5.41, 5.74) is 1.12. The number of methoxy groups -OCH3 is 1. The first-order chi connectivity index (χ1) is 15.1. The zero-order chi connectivity index (χ0) is 21.7. The Morgan fingerprint density at radius 2 is 1.90 bits per heavy atom. The molecule has 0 spiro atoms. The van der Waals surface area contributed by atoms with Crippen molar-refractivity contribution in [3.8, 4) is 5.75 Å². The lowest BCUT2D eigenvalue weighted by Gasteiger charge is -2.21. The molecule has 31 heavy (non-hydrogen) atoms. The molecule has 2 aliphatic rings. The molecule has 1 N–H and O–H groups in total. The van der Waals surface area contributed by atoms with Crippen LogP contribution in [0.1, 0.15) is 42.7 Å². The summed E-state index contributed by atoms with van der Waals surface area (Å²) in [5, 5.41) is 2.99. The van der Waals surface area contributed by atoms with Crippen molar-refractivity contribution in [3.05, 3.63) is 65.7 Å². The van der Waals surface area contributed by atoms with E-state index in [9.17, 15) is 9.59 Å². The Bertz CT molecular complexity index is 942. The third-order valence-electron chi connectivity index (χ3n) is 6.11. The quantitative estimate of drug-likeness (QED) is 0.662. The Morgan fingerprint density at radius 1 is 1.13 bits per heavy atom. The first kappa shape index (κ1) is 21.1. The lowest BCUT2D eigenvalue weighted by atomic mass is 9.95. The number of nitrogens with zero attached hydrogens (tertiary/aromatic N) is 1. The van der Waals surface area contributed by atoms with Crippen molar-refractivity contribution >= 4 is 18.1 Å². The number of esters is 1. The van der Waals surface area contributed by atoms with Gasteiger partial charge >= 0.3 is 5.97 Å². The first-order valence-corrected chi connectivity index (χ1v) is 10.7. The third kappa shape index (κ3) is 4.95. The molecule has 0 radical (unpaired) electrons. The van der Waals surface area contributed by atoms with Crippen LogP contribution in [0.5, 0.6) is 5.75 Å². The van der Waals surface area contributed by atoms with Crippen LogP contribution in [-0.2, 0) is 20.9 Å². The molecule has 0 saturated heterocycles.